The summed E-state index contributed by atoms with van der Waals surface area (Å²) >= 11 is 0. The molecule has 0 aromatic carbocycles. The topological polar surface area (TPSA) is 66.9 Å². The zero-order valence-corrected chi connectivity index (χ0v) is 14.1. The van der Waals surface area contributed by atoms with Gasteiger partial charge in [-0.15, -0.1) is 0 Å². The Labute approximate surface area is 137 Å². The molecule has 6 nitrogen and oxygen atoms in total. The van der Waals surface area contributed by atoms with Crippen LogP contribution in [0.4, 0.5) is 0 Å². The second-order valence-electron chi connectivity index (χ2n) is 7.06. The average Bonchev–Trinajstić information content (AvgIpc) is 3.05. The Bertz CT molecular complexity index is 619. The maximum Gasteiger partial charge on any atom is 0.156 e. The molecule has 2 aromatic rings. The van der Waals surface area contributed by atoms with Crippen LogP contribution in [-0.4, -0.2) is 51.3 Å². The largest absolute Gasteiger partial charge is 0.368 e. The van der Waals surface area contributed by atoms with E-state index in [-0.39, 0.29) is 11.5 Å². The van der Waals surface area contributed by atoms with Gasteiger partial charge in [-0.3, -0.25) is 15.0 Å². The predicted molar refractivity (Wildman–Crippen MR) is 88.2 cm³/mol. The molecule has 0 spiro atoms. The molecule has 1 N–H and O–H groups in total. The van der Waals surface area contributed by atoms with E-state index >= 15 is 0 Å². The molecule has 6 heteroatoms. The summed E-state index contributed by atoms with van der Waals surface area (Å²) in [6.07, 6.45) is 4.70. The van der Waals surface area contributed by atoms with Crippen LogP contribution in [0.1, 0.15) is 44.1 Å². The molecule has 1 unspecified atom stereocenters. The number of nitrogens with one attached hydrogen (secondary N) is 1. The first kappa shape index (κ1) is 16.1. The van der Waals surface area contributed by atoms with Gasteiger partial charge in [0.15, 0.2) is 11.6 Å². The molecule has 1 fully saturated rings. The summed E-state index contributed by atoms with van der Waals surface area (Å²) in [6, 6.07) is 4.15. The maximum atomic E-state index is 5.89. The number of aromatic amines is 1. The van der Waals surface area contributed by atoms with Crippen molar-refractivity contribution >= 4 is 0 Å². The van der Waals surface area contributed by atoms with Crippen LogP contribution in [0.25, 0.3) is 0 Å². The highest BCUT2D eigenvalue weighted by molar-refractivity contribution is 5.10. The van der Waals surface area contributed by atoms with Gasteiger partial charge in [0, 0.05) is 37.4 Å². The van der Waals surface area contributed by atoms with Gasteiger partial charge in [-0.25, -0.2) is 4.98 Å². The lowest BCUT2D eigenvalue weighted by atomic mass is 9.96. The summed E-state index contributed by atoms with van der Waals surface area (Å²) in [6.45, 7) is 9.90. The summed E-state index contributed by atoms with van der Waals surface area (Å²) < 4.78 is 5.89. The summed E-state index contributed by atoms with van der Waals surface area (Å²) in [4.78, 5) is 11.1. The number of H-pyrrole nitrogens is 1. The summed E-state index contributed by atoms with van der Waals surface area (Å²) in [7, 11) is 0. The standard InChI is InChI=1S/C17H25N5O/c1-17(2,3)16-19-15(20-21-16)14-12-22(10-11-23-14)9-6-13-4-7-18-8-5-13/h4-5,7-8,14H,6,9-12H2,1-3H3,(H,19,20,21). The molecule has 3 rings (SSSR count). The van der Waals surface area contributed by atoms with Gasteiger partial charge in [-0.05, 0) is 24.1 Å². The van der Waals surface area contributed by atoms with Gasteiger partial charge in [-0.1, -0.05) is 20.8 Å². The van der Waals surface area contributed by atoms with Crippen molar-refractivity contribution in [1.82, 2.24) is 25.1 Å². The van der Waals surface area contributed by atoms with Gasteiger partial charge in [0.05, 0.1) is 6.61 Å². The lowest BCUT2D eigenvalue weighted by molar-refractivity contribution is -0.0338. The van der Waals surface area contributed by atoms with Crippen molar-refractivity contribution in [3.05, 3.63) is 41.7 Å². The van der Waals surface area contributed by atoms with Crippen molar-refractivity contribution in [2.45, 2.75) is 38.7 Å². The van der Waals surface area contributed by atoms with Crippen LogP contribution in [0.2, 0.25) is 0 Å². The Hall–Kier alpha value is -1.79. The number of aromatic nitrogens is 4. The lowest BCUT2D eigenvalue weighted by Gasteiger charge is -2.31. The number of hydrogen-bond acceptors (Lipinski definition) is 5. The first-order chi connectivity index (χ1) is 11.0. The van der Waals surface area contributed by atoms with E-state index in [0.717, 1.165) is 44.3 Å². The van der Waals surface area contributed by atoms with Crippen LogP contribution in [-0.2, 0) is 16.6 Å². The number of hydrogen-bond donors (Lipinski definition) is 1. The van der Waals surface area contributed by atoms with Gasteiger partial charge in [0.2, 0.25) is 0 Å². The fourth-order valence-electron chi connectivity index (χ4n) is 2.66. The third kappa shape index (κ3) is 4.14. The van der Waals surface area contributed by atoms with E-state index in [0.29, 0.717) is 0 Å². The number of ether oxygens (including phenoxy) is 1. The van der Waals surface area contributed by atoms with Gasteiger partial charge in [-0.2, -0.15) is 5.10 Å². The van der Waals surface area contributed by atoms with Gasteiger partial charge < -0.3 is 4.74 Å². The molecule has 3 heterocycles. The number of pyridine rings is 1. The Morgan fingerprint density at radius 2 is 2.09 bits per heavy atom. The van der Waals surface area contributed by atoms with Gasteiger partial charge in [0.25, 0.3) is 0 Å². The minimum atomic E-state index is -0.0511. The van der Waals surface area contributed by atoms with Crippen LogP contribution in [0.15, 0.2) is 24.5 Å². The quantitative estimate of drug-likeness (QED) is 0.936. The molecule has 1 aliphatic heterocycles. The molecule has 0 radical (unpaired) electrons. The molecule has 1 aliphatic rings. The van der Waals surface area contributed by atoms with Crippen molar-refractivity contribution in [2.24, 2.45) is 0 Å². The molecular weight excluding hydrogens is 290 g/mol. The smallest absolute Gasteiger partial charge is 0.156 e. The van der Waals surface area contributed by atoms with Crippen molar-refractivity contribution in [1.29, 1.82) is 0 Å². The summed E-state index contributed by atoms with van der Waals surface area (Å²) in [5.74, 6) is 1.67. The van der Waals surface area contributed by atoms with Crippen LogP contribution < -0.4 is 0 Å². The molecule has 124 valence electrons. The number of rotatable bonds is 4. The van der Waals surface area contributed by atoms with Crippen LogP contribution in [0.3, 0.4) is 0 Å². The van der Waals surface area contributed by atoms with Gasteiger partial charge in [0.1, 0.15) is 6.10 Å². The molecule has 0 saturated carbocycles. The lowest BCUT2D eigenvalue weighted by Crippen LogP contribution is -2.39. The fourth-order valence-corrected chi connectivity index (χ4v) is 2.66. The first-order valence-electron chi connectivity index (χ1n) is 8.18. The Balaban J connectivity index is 1.59. The highest BCUT2D eigenvalue weighted by Gasteiger charge is 2.27. The average molecular weight is 315 g/mol. The molecule has 0 amide bonds. The Morgan fingerprint density at radius 3 is 2.78 bits per heavy atom. The predicted octanol–water partition coefficient (Wildman–Crippen LogP) is 2.11. The minimum Gasteiger partial charge on any atom is -0.368 e. The molecular formula is C17H25N5O. The highest BCUT2D eigenvalue weighted by Crippen LogP contribution is 2.23. The summed E-state index contributed by atoms with van der Waals surface area (Å²) in [5.41, 5.74) is 1.27. The normalized spacial score (nSPS) is 19.9. The summed E-state index contributed by atoms with van der Waals surface area (Å²) in [5, 5.41) is 7.40. The number of morpholine rings is 1. The van der Waals surface area contributed by atoms with E-state index in [4.69, 9.17) is 4.74 Å². The van der Waals surface area contributed by atoms with E-state index in [1.807, 2.05) is 12.4 Å². The van der Waals surface area contributed by atoms with Crippen LogP contribution >= 0.6 is 0 Å². The number of nitrogens with zero attached hydrogens (tertiary/aromatic N) is 4. The van der Waals surface area contributed by atoms with E-state index in [2.05, 4.69) is 58.0 Å². The SMILES string of the molecule is CC(C)(C)c1n[nH]c(C2CN(CCc3ccncc3)CCO2)n1. The maximum absolute atomic E-state index is 5.89. The van der Waals surface area contributed by atoms with Crippen molar-refractivity contribution < 1.29 is 4.74 Å². The van der Waals surface area contributed by atoms with E-state index < -0.39 is 0 Å². The molecule has 0 aliphatic carbocycles. The van der Waals surface area contributed by atoms with Crippen molar-refractivity contribution in [3.63, 3.8) is 0 Å². The van der Waals surface area contributed by atoms with Crippen molar-refractivity contribution in [3.8, 4) is 0 Å². The Morgan fingerprint density at radius 1 is 1.30 bits per heavy atom. The van der Waals surface area contributed by atoms with E-state index in [1.165, 1.54) is 5.56 Å². The second-order valence-corrected chi connectivity index (χ2v) is 7.06. The molecule has 23 heavy (non-hydrogen) atoms. The van der Waals surface area contributed by atoms with Crippen LogP contribution in [0, 0.1) is 0 Å². The first-order valence-corrected chi connectivity index (χ1v) is 8.18. The molecule has 1 saturated heterocycles. The highest BCUT2D eigenvalue weighted by atomic mass is 16.5. The van der Waals surface area contributed by atoms with Crippen LogP contribution in [0.5, 0.6) is 0 Å². The third-order valence-electron chi connectivity index (χ3n) is 4.10. The van der Waals surface area contributed by atoms with Crippen molar-refractivity contribution in [2.75, 3.05) is 26.2 Å². The fraction of sp³-hybridized carbons (Fsp3) is 0.588. The zero-order valence-electron chi connectivity index (χ0n) is 14.1. The van der Waals surface area contributed by atoms with E-state index in [1.54, 1.807) is 0 Å². The molecule has 0 bridgehead atoms. The monoisotopic (exact) mass is 315 g/mol. The Kier molecular flexibility index (Phi) is 4.73. The molecule has 2 aromatic heterocycles. The third-order valence-corrected chi connectivity index (χ3v) is 4.10. The minimum absolute atomic E-state index is 0.0233. The van der Waals surface area contributed by atoms with E-state index in [9.17, 15) is 0 Å². The molecule has 1 atom stereocenters. The zero-order chi connectivity index (χ0) is 16.3. The second kappa shape index (κ2) is 6.76. The van der Waals surface area contributed by atoms with Gasteiger partial charge >= 0.3 is 0 Å².